The van der Waals surface area contributed by atoms with Gasteiger partial charge in [-0.1, -0.05) is 50.4 Å². The number of nitrogens with one attached hydrogen (secondary N) is 1. The van der Waals surface area contributed by atoms with E-state index in [1.807, 2.05) is 0 Å². The van der Waals surface area contributed by atoms with Gasteiger partial charge in [0.05, 0.1) is 16.2 Å². The van der Waals surface area contributed by atoms with Gasteiger partial charge in [0.25, 0.3) is 0 Å². The van der Waals surface area contributed by atoms with Gasteiger partial charge in [0.1, 0.15) is 0 Å². The number of nitrogens with zero attached hydrogens (tertiary/aromatic N) is 1. The smallest absolute Gasteiger partial charge is 0.313 e. The number of aromatic nitrogens is 1. The molecule has 1 saturated carbocycles. The van der Waals surface area contributed by atoms with Crippen LogP contribution in [0, 0.1) is 11.8 Å². The van der Waals surface area contributed by atoms with Crippen LogP contribution in [0.25, 0.3) is 0 Å². The van der Waals surface area contributed by atoms with Gasteiger partial charge in [-0.15, -0.1) is 11.8 Å². The minimum absolute atomic E-state index is 0.00297. The van der Waals surface area contributed by atoms with Crippen molar-refractivity contribution in [1.82, 2.24) is 4.98 Å². The van der Waals surface area contributed by atoms with E-state index in [0.717, 1.165) is 16.5 Å². The quantitative estimate of drug-likeness (QED) is 0.681. The van der Waals surface area contributed by atoms with Gasteiger partial charge in [0.15, 0.2) is 5.13 Å². The molecule has 1 aromatic heterocycles. The van der Waals surface area contributed by atoms with Crippen LogP contribution in [0.3, 0.4) is 0 Å². The molecular formula is C16H24N2O3S2. The van der Waals surface area contributed by atoms with E-state index in [9.17, 15) is 9.59 Å². The lowest BCUT2D eigenvalue weighted by atomic mass is 9.79. The maximum absolute atomic E-state index is 12.0. The Kier molecular flexibility index (Phi) is 7.36. The van der Waals surface area contributed by atoms with E-state index in [1.165, 1.54) is 55.2 Å². The van der Waals surface area contributed by atoms with Crippen LogP contribution in [-0.4, -0.2) is 27.7 Å². The van der Waals surface area contributed by atoms with Crippen LogP contribution < -0.4 is 5.32 Å². The minimum Gasteiger partial charge on any atom is -0.481 e. The molecule has 128 valence electrons. The van der Waals surface area contributed by atoms with Crippen molar-refractivity contribution in [2.24, 2.45) is 11.8 Å². The summed E-state index contributed by atoms with van der Waals surface area (Å²) in [4.78, 5) is 26.7. The number of anilines is 1. The summed E-state index contributed by atoms with van der Waals surface area (Å²) < 4.78 is 0.804. The van der Waals surface area contributed by atoms with Crippen molar-refractivity contribution in [2.45, 2.75) is 56.1 Å². The van der Waals surface area contributed by atoms with Crippen molar-refractivity contribution in [3.8, 4) is 0 Å². The van der Waals surface area contributed by atoms with Crippen molar-refractivity contribution in [3.63, 3.8) is 0 Å². The maximum Gasteiger partial charge on any atom is 0.313 e. The molecule has 0 aliphatic heterocycles. The molecule has 2 rings (SSSR count). The predicted molar refractivity (Wildman–Crippen MR) is 94.1 cm³/mol. The van der Waals surface area contributed by atoms with E-state index >= 15 is 0 Å². The summed E-state index contributed by atoms with van der Waals surface area (Å²) in [5.74, 6) is 0.519. The van der Waals surface area contributed by atoms with Crippen molar-refractivity contribution in [1.29, 1.82) is 0 Å². The highest BCUT2D eigenvalue weighted by Gasteiger charge is 2.20. The Balaban J connectivity index is 1.70. The number of hydrogen-bond acceptors (Lipinski definition) is 5. The van der Waals surface area contributed by atoms with Crippen molar-refractivity contribution >= 4 is 40.1 Å². The molecule has 1 heterocycles. The Morgan fingerprint density at radius 2 is 2.17 bits per heavy atom. The third-order valence-corrected chi connectivity index (χ3v) is 6.44. The third-order valence-electron chi connectivity index (χ3n) is 4.35. The summed E-state index contributed by atoms with van der Waals surface area (Å²) in [6, 6.07) is 0. The van der Waals surface area contributed by atoms with Crippen LogP contribution in [0.1, 0.15) is 51.9 Å². The largest absolute Gasteiger partial charge is 0.481 e. The van der Waals surface area contributed by atoms with Gasteiger partial charge in [-0.3, -0.25) is 9.59 Å². The molecule has 1 unspecified atom stereocenters. The lowest BCUT2D eigenvalue weighted by molar-refractivity contribution is -0.133. The molecule has 1 fully saturated rings. The molecule has 1 atom stereocenters. The highest BCUT2D eigenvalue weighted by Crippen LogP contribution is 2.32. The fourth-order valence-electron chi connectivity index (χ4n) is 3.00. The Bertz CT molecular complexity index is 527. The van der Waals surface area contributed by atoms with Gasteiger partial charge in [0.2, 0.25) is 5.91 Å². The first-order valence-electron chi connectivity index (χ1n) is 8.15. The Hall–Kier alpha value is -1.08. The van der Waals surface area contributed by atoms with E-state index in [2.05, 4.69) is 17.2 Å². The number of aliphatic carboxylic acids is 1. The zero-order chi connectivity index (χ0) is 16.7. The predicted octanol–water partition coefficient (Wildman–Crippen LogP) is 4.25. The molecule has 0 radical (unpaired) electrons. The van der Waals surface area contributed by atoms with Crippen LogP contribution in [0.15, 0.2) is 10.4 Å². The molecule has 0 spiro atoms. The number of amides is 1. The molecule has 0 aromatic carbocycles. The van der Waals surface area contributed by atoms with Crippen molar-refractivity contribution in [2.75, 3.05) is 11.1 Å². The van der Waals surface area contributed by atoms with Crippen LogP contribution in [0.4, 0.5) is 5.13 Å². The maximum atomic E-state index is 12.0. The van der Waals surface area contributed by atoms with Gasteiger partial charge >= 0.3 is 5.97 Å². The van der Waals surface area contributed by atoms with Crippen molar-refractivity contribution in [3.05, 3.63) is 6.20 Å². The first-order chi connectivity index (χ1) is 11.0. The number of carbonyl (C=O) groups excluding carboxylic acids is 1. The van der Waals surface area contributed by atoms with Gasteiger partial charge in [0, 0.05) is 6.42 Å². The second-order valence-electron chi connectivity index (χ2n) is 6.13. The van der Waals surface area contributed by atoms with Gasteiger partial charge in [-0.2, -0.15) is 0 Å². The number of carbonyl (C=O) groups is 2. The van der Waals surface area contributed by atoms with E-state index in [1.54, 1.807) is 6.20 Å². The minimum atomic E-state index is -0.856. The zero-order valence-corrected chi connectivity index (χ0v) is 15.0. The monoisotopic (exact) mass is 356 g/mol. The van der Waals surface area contributed by atoms with E-state index in [0.29, 0.717) is 17.5 Å². The molecule has 23 heavy (non-hydrogen) atoms. The molecule has 7 heteroatoms. The molecular weight excluding hydrogens is 332 g/mol. The second kappa shape index (κ2) is 9.27. The highest BCUT2D eigenvalue weighted by molar-refractivity contribution is 8.01. The fraction of sp³-hybridized carbons (Fsp3) is 0.688. The average Bonchev–Trinajstić information content (AvgIpc) is 2.99. The Labute approximate surface area is 145 Å². The van der Waals surface area contributed by atoms with Gasteiger partial charge in [-0.25, -0.2) is 4.98 Å². The normalized spacial score (nSPS) is 16.9. The molecule has 1 amide bonds. The Morgan fingerprint density at radius 1 is 1.43 bits per heavy atom. The number of rotatable bonds is 8. The number of thiazole rings is 1. The third kappa shape index (κ3) is 6.51. The molecule has 0 saturated heterocycles. The zero-order valence-electron chi connectivity index (χ0n) is 13.4. The van der Waals surface area contributed by atoms with Gasteiger partial charge in [-0.05, 0) is 18.3 Å². The fourth-order valence-corrected chi connectivity index (χ4v) is 4.60. The first kappa shape index (κ1) is 18.3. The lowest BCUT2D eigenvalue weighted by Crippen LogP contribution is -2.18. The molecule has 2 N–H and O–H groups in total. The molecule has 0 bridgehead atoms. The molecule has 1 aromatic rings. The number of carboxylic acids is 1. The van der Waals surface area contributed by atoms with Gasteiger partial charge < -0.3 is 10.4 Å². The van der Waals surface area contributed by atoms with E-state index in [4.69, 9.17) is 5.11 Å². The lowest BCUT2D eigenvalue weighted by Gasteiger charge is -2.27. The van der Waals surface area contributed by atoms with Crippen LogP contribution in [-0.2, 0) is 9.59 Å². The van der Waals surface area contributed by atoms with E-state index < -0.39 is 5.97 Å². The summed E-state index contributed by atoms with van der Waals surface area (Å²) in [6.45, 7) is 2.26. The first-order valence-corrected chi connectivity index (χ1v) is 9.95. The second-order valence-corrected chi connectivity index (χ2v) is 8.44. The van der Waals surface area contributed by atoms with Crippen molar-refractivity contribution < 1.29 is 14.7 Å². The molecule has 1 aliphatic carbocycles. The topological polar surface area (TPSA) is 79.3 Å². The van der Waals surface area contributed by atoms with Crippen LogP contribution in [0.2, 0.25) is 0 Å². The summed E-state index contributed by atoms with van der Waals surface area (Å²) in [6.07, 6.45) is 9.68. The van der Waals surface area contributed by atoms with Crippen LogP contribution in [0.5, 0.6) is 0 Å². The van der Waals surface area contributed by atoms with E-state index in [-0.39, 0.29) is 11.7 Å². The Morgan fingerprint density at radius 3 is 2.87 bits per heavy atom. The van der Waals surface area contributed by atoms with Crippen LogP contribution >= 0.6 is 23.1 Å². The number of thioether (sulfide) groups is 1. The standard InChI is InChI=1S/C16H24N2O3S2/c1-11(12-5-3-2-4-6-12)7-8-13(19)18-16-17-9-15(23-16)22-10-14(20)21/h9,11-12H,2-8,10H2,1H3,(H,20,21)(H,17,18,19). The number of hydrogen-bond donors (Lipinski definition) is 2. The number of carboxylic acid groups (broad SMARTS) is 1. The average molecular weight is 357 g/mol. The summed E-state index contributed by atoms with van der Waals surface area (Å²) in [7, 11) is 0. The SMILES string of the molecule is CC(CCC(=O)Nc1ncc(SCC(=O)O)s1)C1CCCCC1. The highest BCUT2D eigenvalue weighted by atomic mass is 32.2. The summed E-state index contributed by atoms with van der Waals surface area (Å²) >= 11 is 2.54. The summed E-state index contributed by atoms with van der Waals surface area (Å²) in [5, 5.41) is 12.0. The molecule has 1 aliphatic rings. The summed E-state index contributed by atoms with van der Waals surface area (Å²) in [5.41, 5.74) is 0. The molecule has 5 nitrogen and oxygen atoms in total.